The van der Waals surface area contributed by atoms with Gasteiger partial charge < -0.3 is 5.32 Å². The van der Waals surface area contributed by atoms with Gasteiger partial charge in [0.1, 0.15) is 5.37 Å². The summed E-state index contributed by atoms with van der Waals surface area (Å²) >= 11 is 1.62. The number of nitrogens with zero attached hydrogens (tertiary/aromatic N) is 1. The van der Waals surface area contributed by atoms with Crippen molar-refractivity contribution in [1.82, 2.24) is 0 Å². The SMILES string of the molecule is Cc1ccc(C(=O)Nc2cccc(C3SCC(=O)N3c3ccccc3C(C)C)c2)cc1. The standard InChI is InChI=1S/C26H26N2O2S/c1-17(2)22-9-4-5-10-23(22)28-24(29)16-31-26(28)20-7-6-8-21(15-20)27-25(30)19-13-11-18(3)12-14-19/h4-15,17,26H,16H2,1-3H3,(H,27,30). The van der Waals surface area contributed by atoms with Crippen molar-refractivity contribution in [2.45, 2.75) is 32.1 Å². The average Bonchev–Trinajstić information content (AvgIpc) is 3.15. The molecule has 1 aliphatic heterocycles. The first-order valence-electron chi connectivity index (χ1n) is 10.4. The molecule has 2 amide bonds. The number of hydrogen-bond donors (Lipinski definition) is 1. The predicted molar refractivity (Wildman–Crippen MR) is 129 cm³/mol. The van der Waals surface area contributed by atoms with E-state index in [-0.39, 0.29) is 17.2 Å². The molecule has 0 radical (unpaired) electrons. The molecular weight excluding hydrogens is 404 g/mol. The summed E-state index contributed by atoms with van der Waals surface area (Å²) < 4.78 is 0. The lowest BCUT2D eigenvalue weighted by atomic mass is 10.00. The molecule has 1 aliphatic rings. The Morgan fingerprint density at radius 3 is 2.52 bits per heavy atom. The summed E-state index contributed by atoms with van der Waals surface area (Å²) in [6, 6.07) is 23.4. The Balaban J connectivity index is 1.61. The first kappa shape index (κ1) is 21.2. The average molecular weight is 431 g/mol. The minimum Gasteiger partial charge on any atom is -0.322 e. The number of para-hydroxylation sites is 1. The second kappa shape index (κ2) is 8.98. The van der Waals surface area contributed by atoms with Crippen LogP contribution < -0.4 is 10.2 Å². The smallest absolute Gasteiger partial charge is 0.255 e. The number of thioether (sulfide) groups is 1. The van der Waals surface area contributed by atoms with Crippen molar-refractivity contribution in [2.24, 2.45) is 0 Å². The summed E-state index contributed by atoms with van der Waals surface area (Å²) in [5, 5.41) is 2.86. The van der Waals surface area contributed by atoms with Crippen molar-refractivity contribution in [1.29, 1.82) is 0 Å². The molecule has 4 nitrogen and oxygen atoms in total. The first-order valence-corrected chi connectivity index (χ1v) is 11.5. The van der Waals surface area contributed by atoms with Crippen molar-refractivity contribution < 1.29 is 9.59 Å². The number of hydrogen-bond acceptors (Lipinski definition) is 3. The molecule has 0 saturated carbocycles. The van der Waals surface area contributed by atoms with Crippen molar-refractivity contribution in [3.05, 3.63) is 95.1 Å². The largest absolute Gasteiger partial charge is 0.322 e. The molecule has 158 valence electrons. The van der Waals surface area contributed by atoms with Crippen LogP contribution in [0.2, 0.25) is 0 Å². The monoisotopic (exact) mass is 430 g/mol. The molecule has 0 aliphatic carbocycles. The van der Waals surface area contributed by atoms with E-state index in [9.17, 15) is 9.59 Å². The summed E-state index contributed by atoms with van der Waals surface area (Å²) in [6.45, 7) is 6.28. The number of aryl methyl sites for hydroxylation is 1. The highest BCUT2D eigenvalue weighted by molar-refractivity contribution is 8.00. The van der Waals surface area contributed by atoms with Crippen molar-refractivity contribution in [2.75, 3.05) is 16.0 Å². The van der Waals surface area contributed by atoms with Crippen LogP contribution in [0.15, 0.2) is 72.8 Å². The molecule has 1 saturated heterocycles. The van der Waals surface area contributed by atoms with Gasteiger partial charge >= 0.3 is 0 Å². The quantitative estimate of drug-likeness (QED) is 0.528. The molecule has 4 rings (SSSR count). The number of benzene rings is 3. The van der Waals surface area contributed by atoms with Gasteiger partial charge in [0.25, 0.3) is 5.91 Å². The fourth-order valence-electron chi connectivity index (χ4n) is 3.80. The van der Waals surface area contributed by atoms with Gasteiger partial charge in [-0.1, -0.05) is 61.9 Å². The van der Waals surface area contributed by atoms with Crippen LogP contribution in [-0.4, -0.2) is 17.6 Å². The van der Waals surface area contributed by atoms with Crippen LogP contribution in [0, 0.1) is 6.92 Å². The summed E-state index contributed by atoms with van der Waals surface area (Å²) in [4.78, 5) is 27.4. The second-order valence-corrected chi connectivity index (χ2v) is 9.15. The van der Waals surface area contributed by atoms with E-state index in [1.54, 1.807) is 11.8 Å². The molecule has 3 aromatic carbocycles. The van der Waals surface area contributed by atoms with E-state index in [0.29, 0.717) is 17.2 Å². The highest BCUT2D eigenvalue weighted by Gasteiger charge is 2.35. The summed E-state index contributed by atoms with van der Waals surface area (Å²) in [6.07, 6.45) is 0. The van der Waals surface area contributed by atoms with Crippen LogP contribution in [0.25, 0.3) is 0 Å². The van der Waals surface area contributed by atoms with E-state index in [4.69, 9.17) is 0 Å². The Labute approximate surface area is 187 Å². The maximum Gasteiger partial charge on any atom is 0.255 e. The lowest BCUT2D eigenvalue weighted by Crippen LogP contribution is -2.29. The number of amides is 2. The first-order chi connectivity index (χ1) is 14.9. The van der Waals surface area contributed by atoms with Gasteiger partial charge in [-0.15, -0.1) is 11.8 Å². The molecule has 3 aromatic rings. The molecule has 1 atom stereocenters. The van der Waals surface area contributed by atoms with E-state index in [1.807, 2.05) is 78.6 Å². The third-order valence-corrected chi connectivity index (χ3v) is 6.64. The Kier molecular flexibility index (Phi) is 6.14. The Bertz CT molecular complexity index is 1110. The van der Waals surface area contributed by atoms with Gasteiger partial charge in [0.2, 0.25) is 5.91 Å². The minimum absolute atomic E-state index is 0.109. The van der Waals surface area contributed by atoms with E-state index in [0.717, 1.165) is 28.1 Å². The Hall–Kier alpha value is -3.05. The van der Waals surface area contributed by atoms with Crippen LogP contribution >= 0.6 is 11.8 Å². The van der Waals surface area contributed by atoms with Crippen LogP contribution in [0.3, 0.4) is 0 Å². The molecule has 1 N–H and O–H groups in total. The van der Waals surface area contributed by atoms with Crippen LogP contribution in [0.5, 0.6) is 0 Å². The van der Waals surface area contributed by atoms with Gasteiger partial charge in [-0.3, -0.25) is 14.5 Å². The molecule has 5 heteroatoms. The molecule has 0 spiro atoms. The molecule has 0 aromatic heterocycles. The topological polar surface area (TPSA) is 49.4 Å². The summed E-state index contributed by atoms with van der Waals surface area (Å²) in [7, 11) is 0. The maximum absolute atomic E-state index is 12.8. The second-order valence-electron chi connectivity index (χ2n) is 8.09. The van der Waals surface area contributed by atoms with Gasteiger partial charge in [-0.2, -0.15) is 0 Å². The number of rotatable bonds is 5. The minimum atomic E-state index is -0.144. The molecule has 1 heterocycles. The van der Waals surface area contributed by atoms with Gasteiger partial charge in [-0.05, 0) is 54.3 Å². The van der Waals surface area contributed by atoms with E-state index < -0.39 is 0 Å². The molecule has 1 fully saturated rings. The molecular formula is C26H26N2O2S. The fraction of sp³-hybridized carbons (Fsp3) is 0.231. The van der Waals surface area contributed by atoms with E-state index in [2.05, 4.69) is 25.2 Å². The fourth-order valence-corrected chi connectivity index (χ4v) is 4.96. The summed E-state index contributed by atoms with van der Waals surface area (Å²) in [5.74, 6) is 0.721. The third-order valence-electron chi connectivity index (χ3n) is 5.43. The Morgan fingerprint density at radius 1 is 1.03 bits per heavy atom. The van der Waals surface area contributed by atoms with Crippen LogP contribution in [0.1, 0.15) is 52.2 Å². The number of carbonyl (C=O) groups excluding carboxylic acids is 2. The van der Waals surface area contributed by atoms with Crippen molar-refractivity contribution in [3.63, 3.8) is 0 Å². The van der Waals surface area contributed by atoms with Gasteiger partial charge in [-0.25, -0.2) is 0 Å². The van der Waals surface area contributed by atoms with E-state index in [1.165, 1.54) is 0 Å². The van der Waals surface area contributed by atoms with Gasteiger partial charge in [0.15, 0.2) is 0 Å². The number of anilines is 2. The zero-order valence-electron chi connectivity index (χ0n) is 18.0. The predicted octanol–water partition coefficient (Wildman–Crippen LogP) is 6.15. The van der Waals surface area contributed by atoms with Crippen LogP contribution in [-0.2, 0) is 4.79 Å². The zero-order chi connectivity index (χ0) is 22.0. The van der Waals surface area contributed by atoms with Gasteiger partial charge in [0.05, 0.1) is 5.75 Å². The lowest BCUT2D eigenvalue weighted by molar-refractivity contribution is -0.115. The number of nitrogens with one attached hydrogen (secondary N) is 1. The molecule has 1 unspecified atom stereocenters. The molecule has 0 bridgehead atoms. The molecule has 31 heavy (non-hydrogen) atoms. The number of carbonyl (C=O) groups is 2. The highest BCUT2D eigenvalue weighted by Crippen LogP contribution is 2.44. The summed E-state index contributed by atoms with van der Waals surface area (Å²) in [5.41, 5.74) is 5.58. The normalized spacial score (nSPS) is 16.1. The van der Waals surface area contributed by atoms with Gasteiger partial charge in [0, 0.05) is 16.9 Å². The zero-order valence-corrected chi connectivity index (χ0v) is 18.8. The Morgan fingerprint density at radius 2 is 1.77 bits per heavy atom. The van der Waals surface area contributed by atoms with Crippen molar-refractivity contribution >= 4 is 35.0 Å². The van der Waals surface area contributed by atoms with Crippen molar-refractivity contribution in [3.8, 4) is 0 Å². The third kappa shape index (κ3) is 4.52. The van der Waals surface area contributed by atoms with Crippen LogP contribution in [0.4, 0.5) is 11.4 Å². The lowest BCUT2D eigenvalue weighted by Gasteiger charge is -2.28. The highest BCUT2D eigenvalue weighted by atomic mass is 32.2. The maximum atomic E-state index is 12.8. The van der Waals surface area contributed by atoms with E-state index >= 15 is 0 Å².